The van der Waals surface area contributed by atoms with E-state index < -0.39 is 6.10 Å². The summed E-state index contributed by atoms with van der Waals surface area (Å²) in [5.74, 6) is -0.975. The van der Waals surface area contributed by atoms with Crippen molar-refractivity contribution in [3.05, 3.63) is 109 Å². The molecule has 0 saturated heterocycles. The highest BCUT2D eigenvalue weighted by molar-refractivity contribution is 5.71. The molecule has 0 aromatic carbocycles. The third-order valence-electron chi connectivity index (χ3n) is 10.00. The van der Waals surface area contributed by atoms with Crippen LogP contribution in [0, 0.1) is 0 Å². The molecule has 0 aliphatic carbocycles. The summed E-state index contributed by atoms with van der Waals surface area (Å²) in [6.45, 7) is 6.28. The SMILES string of the molecule is CC\C=C/C=C\C=C/C=C\C=C\C=C/CCCCCC(=O)OCC(COC(=O)CCCCCCCCCCCCCCC)OC(=O)CCCCCCC\C=C/C=C\C=C/CC. The molecule has 0 amide bonds. The van der Waals surface area contributed by atoms with Crippen LogP contribution in [0.25, 0.3) is 0 Å². The van der Waals surface area contributed by atoms with Gasteiger partial charge in [0.15, 0.2) is 6.10 Å². The van der Waals surface area contributed by atoms with Gasteiger partial charge in [-0.15, -0.1) is 0 Å². The Morgan fingerprint density at radius 1 is 0.344 bits per heavy atom. The van der Waals surface area contributed by atoms with E-state index in [1.165, 1.54) is 64.2 Å². The maximum absolute atomic E-state index is 12.8. The molecule has 344 valence electrons. The van der Waals surface area contributed by atoms with Crippen LogP contribution in [-0.2, 0) is 28.6 Å². The normalized spacial score (nSPS) is 13.0. The fraction of sp³-hybridized carbons (Fsp3) is 0.618. The zero-order valence-corrected chi connectivity index (χ0v) is 39.1. The van der Waals surface area contributed by atoms with Gasteiger partial charge in [-0.2, -0.15) is 0 Å². The number of ether oxygens (including phenoxy) is 3. The molecule has 6 nitrogen and oxygen atoms in total. The van der Waals surface area contributed by atoms with E-state index in [1.807, 2.05) is 66.8 Å². The quantitative estimate of drug-likeness (QED) is 0.0264. The number of carbonyl (C=O) groups is 3. The van der Waals surface area contributed by atoms with Crippen LogP contribution < -0.4 is 0 Å². The number of esters is 3. The van der Waals surface area contributed by atoms with E-state index in [1.54, 1.807) is 0 Å². The lowest BCUT2D eigenvalue weighted by molar-refractivity contribution is -0.167. The Labute approximate surface area is 374 Å². The Morgan fingerprint density at radius 2 is 0.639 bits per heavy atom. The second kappa shape index (κ2) is 48.7. The number of hydrogen-bond acceptors (Lipinski definition) is 6. The zero-order chi connectivity index (χ0) is 44.4. The van der Waals surface area contributed by atoms with Gasteiger partial charge in [0.2, 0.25) is 0 Å². The topological polar surface area (TPSA) is 78.9 Å². The number of rotatable bonds is 42. The molecule has 0 N–H and O–H groups in total. The number of hydrogen-bond donors (Lipinski definition) is 0. The van der Waals surface area contributed by atoms with Crippen LogP contribution >= 0.6 is 0 Å². The first-order chi connectivity index (χ1) is 30.0. The molecule has 0 aliphatic rings. The smallest absolute Gasteiger partial charge is 0.306 e. The van der Waals surface area contributed by atoms with E-state index in [2.05, 4.69) is 63.3 Å². The minimum Gasteiger partial charge on any atom is -0.462 e. The van der Waals surface area contributed by atoms with Gasteiger partial charge >= 0.3 is 17.9 Å². The maximum atomic E-state index is 12.8. The molecule has 0 radical (unpaired) electrons. The maximum Gasteiger partial charge on any atom is 0.306 e. The predicted molar refractivity (Wildman–Crippen MR) is 260 cm³/mol. The average Bonchev–Trinajstić information content (AvgIpc) is 3.26. The molecule has 0 aromatic rings. The van der Waals surface area contributed by atoms with Crippen LogP contribution in [-0.4, -0.2) is 37.2 Å². The van der Waals surface area contributed by atoms with Crippen molar-refractivity contribution in [3.63, 3.8) is 0 Å². The van der Waals surface area contributed by atoms with Gasteiger partial charge in [0.25, 0.3) is 0 Å². The highest BCUT2D eigenvalue weighted by atomic mass is 16.6. The van der Waals surface area contributed by atoms with Crippen molar-refractivity contribution in [3.8, 4) is 0 Å². The molecule has 0 rings (SSSR count). The van der Waals surface area contributed by atoms with Gasteiger partial charge in [0.05, 0.1) is 0 Å². The van der Waals surface area contributed by atoms with Crippen LogP contribution in [0.3, 0.4) is 0 Å². The second-order valence-electron chi connectivity index (χ2n) is 15.8. The van der Waals surface area contributed by atoms with Crippen LogP contribution in [0.2, 0.25) is 0 Å². The van der Waals surface area contributed by atoms with Crippen molar-refractivity contribution in [1.29, 1.82) is 0 Å². The second-order valence-corrected chi connectivity index (χ2v) is 15.8. The van der Waals surface area contributed by atoms with E-state index in [0.29, 0.717) is 19.3 Å². The lowest BCUT2D eigenvalue weighted by Gasteiger charge is -2.18. The van der Waals surface area contributed by atoms with E-state index in [9.17, 15) is 14.4 Å². The van der Waals surface area contributed by atoms with E-state index in [4.69, 9.17) is 14.2 Å². The molecule has 0 spiro atoms. The lowest BCUT2D eigenvalue weighted by atomic mass is 10.0. The van der Waals surface area contributed by atoms with Crippen LogP contribution in [0.15, 0.2) is 109 Å². The molecule has 0 bridgehead atoms. The Kier molecular flexibility index (Phi) is 45.6. The Balaban J connectivity index is 4.52. The molecule has 0 fully saturated rings. The van der Waals surface area contributed by atoms with Gasteiger partial charge in [-0.3, -0.25) is 14.4 Å². The van der Waals surface area contributed by atoms with Gasteiger partial charge < -0.3 is 14.2 Å². The van der Waals surface area contributed by atoms with Gasteiger partial charge in [0.1, 0.15) is 13.2 Å². The summed E-state index contributed by atoms with van der Waals surface area (Å²) in [7, 11) is 0. The first-order valence-corrected chi connectivity index (χ1v) is 24.5. The highest BCUT2D eigenvalue weighted by Crippen LogP contribution is 2.14. The Morgan fingerprint density at radius 3 is 1.02 bits per heavy atom. The summed E-state index contributed by atoms with van der Waals surface area (Å²) >= 11 is 0. The van der Waals surface area contributed by atoms with Gasteiger partial charge in [0, 0.05) is 19.3 Å². The third-order valence-corrected chi connectivity index (χ3v) is 10.00. The molecule has 0 saturated carbocycles. The van der Waals surface area contributed by atoms with Crippen molar-refractivity contribution in [2.45, 2.75) is 207 Å². The van der Waals surface area contributed by atoms with Gasteiger partial charge in [-0.25, -0.2) is 0 Å². The first kappa shape index (κ1) is 57.1. The number of unbranched alkanes of at least 4 members (excludes halogenated alkanes) is 20. The molecule has 1 atom stereocenters. The Bertz CT molecular complexity index is 1290. The van der Waals surface area contributed by atoms with E-state index in [0.717, 1.165) is 96.3 Å². The fourth-order valence-corrected chi connectivity index (χ4v) is 6.35. The minimum atomic E-state index is -0.806. The van der Waals surface area contributed by atoms with Gasteiger partial charge in [-0.1, -0.05) is 233 Å². The standard InChI is InChI=1S/C55H88O6/c1-4-7-10-13-16-19-22-25-26-27-28-31-33-36-39-42-45-48-54(57)60-51-52(61-55(58)49-46-43-40-37-34-30-24-21-18-15-12-9-6-3)50-59-53(56)47-44-41-38-35-32-29-23-20-17-14-11-8-5-2/h7,9-10,12-13,15-16,18-19,21-22,24-28,31,33,52H,4-6,8,11,14,17,20,23,29-30,32,34-51H2,1-3H3/b10-7-,12-9-,16-13-,18-15-,22-19-,24-21-,26-25-,28-27+,33-31-. The molecule has 0 aromatic heterocycles. The summed E-state index contributed by atoms with van der Waals surface area (Å²) < 4.78 is 16.7. The zero-order valence-electron chi connectivity index (χ0n) is 39.1. The van der Waals surface area contributed by atoms with Crippen molar-refractivity contribution in [2.75, 3.05) is 13.2 Å². The largest absolute Gasteiger partial charge is 0.462 e. The van der Waals surface area contributed by atoms with Crippen molar-refractivity contribution < 1.29 is 28.6 Å². The lowest BCUT2D eigenvalue weighted by Crippen LogP contribution is -2.30. The van der Waals surface area contributed by atoms with E-state index in [-0.39, 0.29) is 31.1 Å². The fourth-order valence-electron chi connectivity index (χ4n) is 6.35. The molecular weight excluding hydrogens is 757 g/mol. The highest BCUT2D eigenvalue weighted by Gasteiger charge is 2.19. The molecule has 61 heavy (non-hydrogen) atoms. The minimum absolute atomic E-state index is 0.102. The van der Waals surface area contributed by atoms with Crippen LogP contribution in [0.1, 0.15) is 201 Å². The molecular formula is C55H88O6. The summed E-state index contributed by atoms with van der Waals surface area (Å²) in [4.78, 5) is 37.9. The number of allylic oxidation sites excluding steroid dienone is 18. The summed E-state index contributed by atoms with van der Waals surface area (Å²) in [6.07, 6.45) is 64.9. The Hall–Kier alpha value is -3.93. The summed E-state index contributed by atoms with van der Waals surface area (Å²) in [6, 6.07) is 0. The summed E-state index contributed by atoms with van der Waals surface area (Å²) in [5, 5.41) is 0. The van der Waals surface area contributed by atoms with Crippen molar-refractivity contribution >= 4 is 17.9 Å². The van der Waals surface area contributed by atoms with Crippen LogP contribution in [0.4, 0.5) is 0 Å². The van der Waals surface area contributed by atoms with E-state index >= 15 is 0 Å². The molecule has 6 heteroatoms. The molecule has 0 aliphatic heterocycles. The predicted octanol–water partition coefficient (Wildman–Crippen LogP) is 16.0. The monoisotopic (exact) mass is 845 g/mol. The summed E-state index contributed by atoms with van der Waals surface area (Å²) in [5.41, 5.74) is 0. The number of carbonyl (C=O) groups excluding carboxylic acids is 3. The average molecular weight is 845 g/mol. The first-order valence-electron chi connectivity index (χ1n) is 24.5. The van der Waals surface area contributed by atoms with Crippen molar-refractivity contribution in [1.82, 2.24) is 0 Å². The molecule has 1 unspecified atom stereocenters. The molecule has 0 heterocycles. The van der Waals surface area contributed by atoms with Crippen LogP contribution in [0.5, 0.6) is 0 Å². The van der Waals surface area contributed by atoms with Gasteiger partial charge in [-0.05, 0) is 57.8 Å². The third kappa shape index (κ3) is 47.0. The van der Waals surface area contributed by atoms with Crippen molar-refractivity contribution in [2.24, 2.45) is 0 Å².